The van der Waals surface area contributed by atoms with E-state index in [-0.39, 0.29) is 0 Å². The number of aromatic nitrogens is 2. The maximum Gasteiger partial charge on any atom is 0.209 e. The second-order valence-electron chi connectivity index (χ2n) is 5.94. The SMILES string of the molecule is CC(C)c1cnc[nH]1.CCB(c1ccccc1)c1ccccc1. The minimum absolute atomic E-state index is 0.535. The van der Waals surface area contributed by atoms with Crippen molar-refractivity contribution in [3.63, 3.8) is 0 Å². The van der Waals surface area contributed by atoms with Gasteiger partial charge >= 0.3 is 0 Å². The van der Waals surface area contributed by atoms with Crippen molar-refractivity contribution < 1.29 is 0 Å². The van der Waals surface area contributed by atoms with Crippen LogP contribution >= 0.6 is 0 Å². The molecule has 0 spiro atoms. The molecule has 0 amide bonds. The molecule has 1 N–H and O–H groups in total. The van der Waals surface area contributed by atoms with Crippen LogP contribution in [0, 0.1) is 0 Å². The number of hydrogen-bond donors (Lipinski definition) is 1. The summed E-state index contributed by atoms with van der Waals surface area (Å²) in [5.74, 6) is 0.567. The van der Waals surface area contributed by atoms with Crippen LogP contribution < -0.4 is 10.9 Å². The molecule has 0 aliphatic rings. The van der Waals surface area contributed by atoms with Gasteiger partial charge in [-0.15, -0.1) is 0 Å². The summed E-state index contributed by atoms with van der Waals surface area (Å²) in [6.45, 7) is 7.04. The third kappa shape index (κ3) is 5.13. The Morgan fingerprint density at radius 2 is 1.43 bits per heavy atom. The van der Waals surface area contributed by atoms with Gasteiger partial charge in [-0.2, -0.15) is 0 Å². The molecule has 0 saturated heterocycles. The Balaban J connectivity index is 0.000000203. The fourth-order valence-corrected chi connectivity index (χ4v) is 2.62. The van der Waals surface area contributed by atoms with E-state index in [2.05, 4.69) is 91.4 Å². The Morgan fingerprint density at radius 1 is 0.913 bits per heavy atom. The van der Waals surface area contributed by atoms with Crippen molar-refractivity contribution in [2.75, 3.05) is 0 Å². The Labute approximate surface area is 140 Å². The van der Waals surface area contributed by atoms with Crippen LogP contribution in [-0.2, 0) is 0 Å². The van der Waals surface area contributed by atoms with Crippen LogP contribution in [0.25, 0.3) is 0 Å². The zero-order chi connectivity index (χ0) is 16.5. The zero-order valence-electron chi connectivity index (χ0n) is 14.2. The van der Waals surface area contributed by atoms with Gasteiger partial charge in [-0.25, -0.2) is 4.98 Å². The molecule has 0 fully saturated rings. The largest absolute Gasteiger partial charge is 0.348 e. The number of rotatable bonds is 4. The summed E-state index contributed by atoms with van der Waals surface area (Å²) in [5.41, 5.74) is 4.02. The molecule has 0 saturated carbocycles. The smallest absolute Gasteiger partial charge is 0.209 e. The lowest BCUT2D eigenvalue weighted by atomic mass is 9.39. The first-order chi connectivity index (χ1) is 11.2. The lowest BCUT2D eigenvalue weighted by Gasteiger charge is -2.11. The molecule has 0 radical (unpaired) electrons. The first-order valence-corrected chi connectivity index (χ1v) is 8.30. The van der Waals surface area contributed by atoms with E-state index in [1.54, 1.807) is 6.33 Å². The minimum Gasteiger partial charge on any atom is -0.348 e. The number of hydrogen-bond acceptors (Lipinski definition) is 1. The van der Waals surface area contributed by atoms with Crippen molar-refractivity contribution in [3.8, 4) is 0 Å². The summed E-state index contributed by atoms with van der Waals surface area (Å²) in [4.78, 5) is 6.91. The highest BCUT2D eigenvalue weighted by atomic mass is 14.9. The highest BCUT2D eigenvalue weighted by Crippen LogP contribution is 2.07. The van der Waals surface area contributed by atoms with Gasteiger partial charge in [-0.3, -0.25) is 0 Å². The molecule has 0 aliphatic heterocycles. The van der Waals surface area contributed by atoms with Gasteiger partial charge in [0, 0.05) is 11.9 Å². The first-order valence-electron chi connectivity index (χ1n) is 8.30. The van der Waals surface area contributed by atoms with Crippen molar-refractivity contribution in [1.29, 1.82) is 0 Å². The highest BCUT2D eigenvalue weighted by Gasteiger charge is 2.15. The topological polar surface area (TPSA) is 28.7 Å². The third-order valence-corrected chi connectivity index (χ3v) is 3.95. The molecule has 3 aromatic rings. The van der Waals surface area contributed by atoms with Gasteiger partial charge in [0.15, 0.2) is 0 Å². The van der Waals surface area contributed by atoms with Crippen LogP contribution in [0.15, 0.2) is 73.2 Å². The molecular formula is C20H25BN2. The highest BCUT2D eigenvalue weighted by molar-refractivity contribution is 6.85. The van der Waals surface area contributed by atoms with E-state index in [0.29, 0.717) is 12.6 Å². The molecule has 1 heterocycles. The van der Waals surface area contributed by atoms with Gasteiger partial charge in [-0.1, -0.05) is 98.7 Å². The first kappa shape index (κ1) is 17.1. The van der Waals surface area contributed by atoms with Crippen molar-refractivity contribution in [1.82, 2.24) is 9.97 Å². The van der Waals surface area contributed by atoms with E-state index in [9.17, 15) is 0 Å². The summed E-state index contributed by atoms with van der Waals surface area (Å²) in [5, 5.41) is 0. The van der Waals surface area contributed by atoms with Gasteiger partial charge in [0.05, 0.1) is 6.33 Å². The Hall–Kier alpha value is -2.29. The van der Waals surface area contributed by atoms with Gasteiger partial charge in [0.1, 0.15) is 0 Å². The van der Waals surface area contributed by atoms with Crippen molar-refractivity contribution >= 4 is 17.6 Å². The molecule has 0 bridgehead atoms. The second kappa shape index (κ2) is 8.99. The number of nitrogens with zero attached hydrogens (tertiary/aromatic N) is 1. The molecule has 0 atom stereocenters. The van der Waals surface area contributed by atoms with Gasteiger partial charge in [0.2, 0.25) is 6.71 Å². The third-order valence-electron chi connectivity index (χ3n) is 3.95. The van der Waals surface area contributed by atoms with Crippen LogP contribution in [0.4, 0.5) is 0 Å². The van der Waals surface area contributed by atoms with E-state index in [1.807, 2.05) is 6.20 Å². The average Bonchev–Trinajstić information content (AvgIpc) is 3.13. The molecule has 0 aliphatic carbocycles. The van der Waals surface area contributed by atoms with E-state index >= 15 is 0 Å². The molecule has 2 nitrogen and oxygen atoms in total. The lowest BCUT2D eigenvalue weighted by molar-refractivity contribution is 0.832. The van der Waals surface area contributed by atoms with Crippen LogP contribution in [0.3, 0.4) is 0 Å². The number of H-pyrrole nitrogens is 1. The summed E-state index contributed by atoms with van der Waals surface area (Å²) in [6.07, 6.45) is 4.70. The van der Waals surface area contributed by atoms with Gasteiger partial charge in [0.25, 0.3) is 0 Å². The number of benzene rings is 2. The predicted molar refractivity (Wildman–Crippen MR) is 101 cm³/mol. The van der Waals surface area contributed by atoms with Crippen molar-refractivity contribution in [2.24, 2.45) is 0 Å². The maximum atomic E-state index is 3.89. The van der Waals surface area contributed by atoms with E-state index in [1.165, 1.54) is 16.6 Å². The second-order valence-corrected chi connectivity index (χ2v) is 5.94. The monoisotopic (exact) mass is 304 g/mol. The Morgan fingerprint density at radius 3 is 1.74 bits per heavy atom. The fraction of sp³-hybridized carbons (Fsp3) is 0.250. The summed E-state index contributed by atoms with van der Waals surface area (Å²) < 4.78 is 0. The van der Waals surface area contributed by atoms with Crippen LogP contribution in [0.2, 0.25) is 6.32 Å². The molecular weight excluding hydrogens is 279 g/mol. The van der Waals surface area contributed by atoms with E-state index in [4.69, 9.17) is 0 Å². The maximum absolute atomic E-state index is 3.89. The molecule has 3 rings (SSSR count). The van der Waals surface area contributed by atoms with Crippen LogP contribution in [0.5, 0.6) is 0 Å². The lowest BCUT2D eigenvalue weighted by Crippen LogP contribution is -2.41. The molecule has 118 valence electrons. The Bertz CT molecular complexity index is 609. The van der Waals surface area contributed by atoms with Gasteiger partial charge in [-0.05, 0) is 5.92 Å². The molecule has 23 heavy (non-hydrogen) atoms. The standard InChI is InChI=1S/C14H15B.C6H10N2/c1-2-15(13-9-5-3-6-10-13)14-11-7-4-8-12-14;1-5(2)6-3-7-4-8-6/h3-12H,2H2,1H3;3-5H,1-2H3,(H,7,8). The quantitative estimate of drug-likeness (QED) is 0.729. The Kier molecular flexibility index (Phi) is 6.67. The fourth-order valence-electron chi connectivity index (χ4n) is 2.62. The normalized spacial score (nSPS) is 10.1. The molecule has 1 aromatic heterocycles. The van der Waals surface area contributed by atoms with E-state index in [0.717, 1.165) is 6.32 Å². The molecule has 0 unspecified atom stereocenters. The average molecular weight is 304 g/mol. The summed E-state index contributed by atoms with van der Waals surface area (Å²) in [7, 11) is 0. The predicted octanol–water partition coefficient (Wildman–Crippen LogP) is 3.85. The van der Waals surface area contributed by atoms with Gasteiger partial charge < -0.3 is 4.98 Å². The zero-order valence-corrected chi connectivity index (χ0v) is 14.2. The van der Waals surface area contributed by atoms with Crippen LogP contribution in [-0.4, -0.2) is 16.7 Å². The number of imidazole rings is 1. The summed E-state index contributed by atoms with van der Waals surface area (Å²) in [6, 6.07) is 21.4. The molecule has 2 aromatic carbocycles. The van der Waals surface area contributed by atoms with Crippen molar-refractivity contribution in [2.45, 2.75) is 33.0 Å². The number of aromatic amines is 1. The number of nitrogens with one attached hydrogen (secondary N) is 1. The van der Waals surface area contributed by atoms with Crippen molar-refractivity contribution in [3.05, 3.63) is 78.9 Å². The summed E-state index contributed by atoms with van der Waals surface area (Å²) >= 11 is 0. The minimum atomic E-state index is 0.535. The van der Waals surface area contributed by atoms with E-state index < -0.39 is 0 Å². The molecule has 3 heteroatoms. The van der Waals surface area contributed by atoms with Crippen LogP contribution in [0.1, 0.15) is 32.4 Å².